The first-order chi connectivity index (χ1) is 2.77. The van der Waals surface area contributed by atoms with Crippen molar-refractivity contribution >= 4 is 8.25 Å². The van der Waals surface area contributed by atoms with E-state index in [2.05, 4.69) is 4.52 Å². The molecule has 0 rings (SSSR count). The van der Waals surface area contributed by atoms with Crippen LogP contribution in [-0.4, -0.2) is 11.5 Å². The number of rotatable bonds is 2. The molecule has 7 heavy (non-hydrogen) atoms. The zero-order chi connectivity index (χ0) is 4.99. The minimum atomic E-state index is -2.64. The first-order valence-electron chi connectivity index (χ1n) is 1.63. The van der Waals surface area contributed by atoms with E-state index in [4.69, 9.17) is 4.89 Å². The number of hydrogen-bond acceptors (Lipinski definition) is 2. The summed E-state index contributed by atoms with van der Waals surface area (Å²) in [6.45, 7) is 1.98. The van der Waals surface area contributed by atoms with Gasteiger partial charge in [0.15, 0.2) is 0 Å². The summed E-state index contributed by atoms with van der Waals surface area (Å²) >= 11 is 0. The van der Waals surface area contributed by atoms with Gasteiger partial charge in [0.1, 0.15) is 0 Å². The van der Waals surface area contributed by atoms with Gasteiger partial charge in [0.2, 0.25) is 0 Å². The molecule has 0 aromatic rings. The normalized spacial score (nSPS) is 12.3. The van der Waals surface area contributed by atoms with Crippen LogP contribution in [0.25, 0.3) is 0 Å². The second kappa shape index (κ2) is 6.77. The van der Waals surface area contributed by atoms with E-state index < -0.39 is 8.25 Å². The molecule has 0 aromatic heterocycles. The van der Waals surface area contributed by atoms with Crippen LogP contribution in [0.1, 0.15) is 6.92 Å². The predicted molar refractivity (Wildman–Crippen MR) is 22.8 cm³/mol. The fraction of sp³-hybridized carbons (Fsp3) is 1.00. The van der Waals surface area contributed by atoms with Gasteiger partial charge in [0.05, 0.1) is 6.61 Å². The molecule has 5 heteroatoms. The van der Waals surface area contributed by atoms with Gasteiger partial charge >= 0.3 is 8.25 Å². The molecule has 3 nitrogen and oxygen atoms in total. The third-order valence-corrected chi connectivity index (χ3v) is 0.803. The second-order valence-electron chi connectivity index (χ2n) is 0.699. The second-order valence-corrected chi connectivity index (χ2v) is 1.52. The predicted octanol–water partition coefficient (Wildman–Crippen LogP) is 0.402. The van der Waals surface area contributed by atoms with Crippen LogP contribution >= 0.6 is 8.25 Å². The topological polar surface area (TPSA) is 46.5 Å². The molecule has 0 saturated carbocycles. The summed E-state index contributed by atoms with van der Waals surface area (Å²) in [5.74, 6) is 0. The van der Waals surface area contributed by atoms with Gasteiger partial charge in [-0.3, -0.25) is 4.57 Å². The zero-order valence-corrected chi connectivity index (χ0v) is 8.15. The fourth-order valence-corrected chi connectivity index (χ4v) is 0.370. The standard InChI is InChI=1S/C2H7O3P.Zn/c1-2-5-6(3)4;/h6H,2H2,1H3,(H,3,4);. The largest absolute Gasteiger partial charge is 0.326 e. The quantitative estimate of drug-likeness (QED) is 0.488. The number of hydrogen-bond donors (Lipinski definition) is 1. The molecule has 0 aliphatic rings. The maximum atomic E-state index is 9.56. The summed E-state index contributed by atoms with van der Waals surface area (Å²) in [4.78, 5) is 7.88. The molecule has 0 saturated heterocycles. The van der Waals surface area contributed by atoms with Crippen molar-refractivity contribution in [3.05, 3.63) is 0 Å². The van der Waals surface area contributed by atoms with Gasteiger partial charge < -0.3 is 9.42 Å². The molecule has 0 heterocycles. The Morgan fingerprint density at radius 1 is 1.86 bits per heavy atom. The van der Waals surface area contributed by atoms with Crippen LogP contribution in [0, 0.1) is 0 Å². The minimum absolute atomic E-state index is 0. The van der Waals surface area contributed by atoms with E-state index in [0.717, 1.165) is 0 Å². The third kappa shape index (κ3) is 10.8. The molecule has 40 valence electrons. The Morgan fingerprint density at radius 2 is 2.29 bits per heavy atom. The van der Waals surface area contributed by atoms with Crippen molar-refractivity contribution in [2.24, 2.45) is 0 Å². The van der Waals surface area contributed by atoms with Crippen molar-refractivity contribution in [1.82, 2.24) is 0 Å². The monoisotopic (exact) mass is 174 g/mol. The Morgan fingerprint density at radius 3 is 2.29 bits per heavy atom. The van der Waals surface area contributed by atoms with E-state index >= 15 is 0 Å². The summed E-state index contributed by atoms with van der Waals surface area (Å²) < 4.78 is 13.7. The van der Waals surface area contributed by atoms with Crippen molar-refractivity contribution in [1.29, 1.82) is 0 Å². The van der Waals surface area contributed by atoms with Gasteiger partial charge in [0, 0.05) is 19.5 Å². The summed E-state index contributed by atoms with van der Waals surface area (Å²) in [6.07, 6.45) is 0. The smallest absolute Gasteiger partial charge is 0.316 e. The van der Waals surface area contributed by atoms with Gasteiger partial charge in [-0.2, -0.15) is 0 Å². The third-order valence-electron chi connectivity index (χ3n) is 0.268. The molecule has 1 N–H and O–H groups in total. The average Bonchev–Trinajstić information content (AvgIpc) is 1.35. The molecule has 0 aliphatic heterocycles. The molecule has 0 spiro atoms. The van der Waals surface area contributed by atoms with Crippen LogP contribution < -0.4 is 0 Å². The van der Waals surface area contributed by atoms with Crippen molar-refractivity contribution in [3.8, 4) is 0 Å². The summed E-state index contributed by atoms with van der Waals surface area (Å²) in [5.41, 5.74) is 0. The van der Waals surface area contributed by atoms with E-state index in [0.29, 0.717) is 6.61 Å². The average molecular weight is 175 g/mol. The molecule has 0 bridgehead atoms. The van der Waals surface area contributed by atoms with Crippen molar-refractivity contribution in [2.45, 2.75) is 6.92 Å². The Labute approximate surface area is 55.8 Å². The Balaban J connectivity index is 0. The van der Waals surface area contributed by atoms with E-state index in [1.165, 1.54) is 0 Å². The maximum absolute atomic E-state index is 9.56. The molecule has 1 atom stereocenters. The zero-order valence-electron chi connectivity index (χ0n) is 4.18. The van der Waals surface area contributed by atoms with Crippen LogP contribution in [0.4, 0.5) is 0 Å². The van der Waals surface area contributed by atoms with Gasteiger partial charge in [0.25, 0.3) is 0 Å². The Hall–Kier alpha value is 0.773. The van der Waals surface area contributed by atoms with Gasteiger partial charge in [-0.05, 0) is 6.92 Å². The minimum Gasteiger partial charge on any atom is -0.326 e. The summed E-state index contributed by atoms with van der Waals surface area (Å²) in [5, 5.41) is 0. The van der Waals surface area contributed by atoms with Crippen LogP contribution in [0.15, 0.2) is 0 Å². The molecule has 0 radical (unpaired) electrons. The van der Waals surface area contributed by atoms with E-state index in [-0.39, 0.29) is 19.5 Å². The molecule has 0 amide bonds. The molecular formula is C2H7O3PZn. The van der Waals surface area contributed by atoms with Crippen LogP contribution in [0.5, 0.6) is 0 Å². The fourth-order valence-electron chi connectivity index (χ4n) is 0.123. The summed E-state index contributed by atoms with van der Waals surface area (Å²) in [6, 6.07) is 0. The van der Waals surface area contributed by atoms with Crippen molar-refractivity contribution < 1.29 is 33.5 Å². The SMILES string of the molecule is CCO[PH](=O)O.[Zn]. The molecule has 0 aromatic carbocycles. The summed E-state index contributed by atoms with van der Waals surface area (Å²) in [7, 11) is -2.64. The van der Waals surface area contributed by atoms with Crippen LogP contribution in [-0.2, 0) is 28.6 Å². The Bertz CT molecular complexity index is 56.9. The van der Waals surface area contributed by atoms with Crippen molar-refractivity contribution in [3.63, 3.8) is 0 Å². The Kier molecular flexibility index (Phi) is 10.4. The first-order valence-corrected chi connectivity index (χ1v) is 2.89. The van der Waals surface area contributed by atoms with Gasteiger partial charge in [-0.25, -0.2) is 0 Å². The van der Waals surface area contributed by atoms with Crippen LogP contribution in [0.3, 0.4) is 0 Å². The molecule has 0 aliphatic carbocycles. The molecule has 0 fully saturated rings. The van der Waals surface area contributed by atoms with E-state index in [1.54, 1.807) is 6.92 Å². The van der Waals surface area contributed by atoms with Crippen LogP contribution in [0.2, 0.25) is 0 Å². The van der Waals surface area contributed by atoms with Gasteiger partial charge in [-0.15, -0.1) is 0 Å². The van der Waals surface area contributed by atoms with Gasteiger partial charge in [-0.1, -0.05) is 0 Å². The van der Waals surface area contributed by atoms with E-state index in [1.807, 2.05) is 0 Å². The van der Waals surface area contributed by atoms with Crippen molar-refractivity contribution in [2.75, 3.05) is 6.61 Å². The first kappa shape index (κ1) is 10.7. The van der Waals surface area contributed by atoms with E-state index in [9.17, 15) is 4.57 Å². The maximum Gasteiger partial charge on any atom is 0.316 e. The molecular weight excluding hydrogens is 168 g/mol. The molecule has 1 unspecified atom stereocenters.